The van der Waals surface area contributed by atoms with Gasteiger partial charge in [0, 0.05) is 17.6 Å². The number of hydrogen-bond donors (Lipinski definition) is 2. The van der Waals surface area contributed by atoms with Gasteiger partial charge in [-0.3, -0.25) is 0 Å². The van der Waals surface area contributed by atoms with Gasteiger partial charge in [-0.1, -0.05) is 23.8 Å². The molecule has 0 radical (unpaired) electrons. The van der Waals surface area contributed by atoms with E-state index in [0.717, 1.165) is 24.0 Å². The second kappa shape index (κ2) is 12.3. The summed E-state index contributed by atoms with van der Waals surface area (Å²) in [5.41, 5.74) is 2.43. The first-order valence-corrected chi connectivity index (χ1v) is 10.9. The summed E-state index contributed by atoms with van der Waals surface area (Å²) in [5.74, 6) is -2.57. The van der Waals surface area contributed by atoms with Crippen LogP contribution in [0.3, 0.4) is 0 Å². The van der Waals surface area contributed by atoms with Gasteiger partial charge >= 0.3 is 17.9 Å². The normalized spacial score (nSPS) is 24.3. The summed E-state index contributed by atoms with van der Waals surface area (Å²) in [6, 6.07) is 0. The monoisotopic (exact) mass is 460 g/mol. The summed E-state index contributed by atoms with van der Waals surface area (Å²) < 4.78 is 16.4. The van der Waals surface area contributed by atoms with Crippen LogP contribution in [0.5, 0.6) is 0 Å². The lowest BCUT2D eigenvalue weighted by Crippen LogP contribution is -2.34. The van der Waals surface area contributed by atoms with Crippen LogP contribution in [0.25, 0.3) is 0 Å². The molecule has 3 atom stereocenters. The molecule has 1 heterocycles. The number of esters is 3. The molecule has 0 amide bonds. The number of aliphatic hydroxyl groups is 2. The smallest absolute Gasteiger partial charge is 0.337 e. The van der Waals surface area contributed by atoms with Crippen LogP contribution in [-0.2, 0) is 28.6 Å². The van der Waals surface area contributed by atoms with Crippen molar-refractivity contribution in [1.29, 1.82) is 0 Å². The molecule has 0 bridgehead atoms. The molecule has 0 spiro atoms. The second-order valence-electron chi connectivity index (χ2n) is 8.23. The van der Waals surface area contributed by atoms with Gasteiger partial charge in [-0.2, -0.15) is 0 Å². The maximum Gasteiger partial charge on any atom is 0.337 e. The van der Waals surface area contributed by atoms with Gasteiger partial charge in [-0.15, -0.1) is 0 Å². The summed E-state index contributed by atoms with van der Waals surface area (Å²) in [4.78, 5) is 37.2. The molecule has 0 saturated carbocycles. The maximum absolute atomic E-state index is 13.0. The van der Waals surface area contributed by atoms with E-state index in [0.29, 0.717) is 6.42 Å². The summed E-state index contributed by atoms with van der Waals surface area (Å²) in [6.07, 6.45) is 7.11. The molecule has 0 aromatic rings. The molecule has 2 rings (SSSR count). The highest BCUT2D eigenvalue weighted by Gasteiger charge is 2.44. The van der Waals surface area contributed by atoms with Crippen molar-refractivity contribution >= 4 is 17.9 Å². The Morgan fingerprint density at radius 3 is 2.55 bits per heavy atom. The molecule has 0 aromatic heterocycles. The predicted octanol–water partition coefficient (Wildman–Crippen LogP) is 2.47. The van der Waals surface area contributed by atoms with Crippen molar-refractivity contribution in [3.63, 3.8) is 0 Å². The number of ether oxygens (including phenoxy) is 3. The Bertz CT molecular complexity index is 905. The van der Waals surface area contributed by atoms with E-state index < -0.39 is 49.2 Å². The van der Waals surface area contributed by atoms with Crippen molar-refractivity contribution in [2.75, 3.05) is 19.8 Å². The van der Waals surface area contributed by atoms with E-state index in [9.17, 15) is 19.5 Å². The van der Waals surface area contributed by atoms with Crippen LogP contribution < -0.4 is 0 Å². The fourth-order valence-electron chi connectivity index (χ4n) is 3.74. The van der Waals surface area contributed by atoms with Crippen LogP contribution >= 0.6 is 0 Å². The molecule has 8 heteroatoms. The quantitative estimate of drug-likeness (QED) is 0.257. The van der Waals surface area contributed by atoms with E-state index in [2.05, 4.69) is 12.7 Å². The van der Waals surface area contributed by atoms with Crippen LogP contribution in [0.4, 0.5) is 0 Å². The molecule has 1 saturated heterocycles. The first kappa shape index (κ1) is 26.3. The Balaban J connectivity index is 2.26. The molecule has 3 unspecified atom stereocenters. The Labute approximate surface area is 193 Å². The highest BCUT2D eigenvalue weighted by Crippen LogP contribution is 2.36. The molecular weight excluding hydrogens is 428 g/mol. The van der Waals surface area contributed by atoms with Crippen LogP contribution in [0.15, 0.2) is 58.7 Å². The zero-order valence-electron chi connectivity index (χ0n) is 19.3. The third-order valence-corrected chi connectivity index (χ3v) is 5.60. The fourth-order valence-corrected chi connectivity index (χ4v) is 3.74. The second-order valence-corrected chi connectivity index (χ2v) is 8.23. The molecule has 1 fully saturated rings. The lowest BCUT2D eigenvalue weighted by Gasteiger charge is -2.27. The minimum atomic E-state index is -0.776. The summed E-state index contributed by atoms with van der Waals surface area (Å²) >= 11 is 0. The van der Waals surface area contributed by atoms with Gasteiger partial charge in [0.05, 0.1) is 24.7 Å². The first-order valence-electron chi connectivity index (χ1n) is 10.9. The van der Waals surface area contributed by atoms with Gasteiger partial charge in [0.2, 0.25) is 0 Å². The van der Waals surface area contributed by atoms with Crippen molar-refractivity contribution < 1.29 is 38.8 Å². The molecule has 8 nitrogen and oxygen atoms in total. The van der Waals surface area contributed by atoms with Crippen LogP contribution in [0, 0.1) is 5.92 Å². The SMILES string of the molecule is C=C1C(=O)OC2C=C(C)CCC=C(C)CC(OC(=O)C(=CCO)COC(=O)C(C)=CCO)C12. The molecule has 2 N–H and O–H groups in total. The van der Waals surface area contributed by atoms with Gasteiger partial charge < -0.3 is 24.4 Å². The largest absolute Gasteiger partial charge is 0.458 e. The van der Waals surface area contributed by atoms with Crippen molar-refractivity contribution in [2.24, 2.45) is 5.92 Å². The third-order valence-electron chi connectivity index (χ3n) is 5.60. The molecule has 33 heavy (non-hydrogen) atoms. The van der Waals surface area contributed by atoms with E-state index in [1.807, 2.05) is 19.9 Å². The van der Waals surface area contributed by atoms with Crippen LogP contribution in [0.2, 0.25) is 0 Å². The highest BCUT2D eigenvalue weighted by molar-refractivity contribution is 5.93. The van der Waals surface area contributed by atoms with Crippen molar-refractivity contribution in [3.8, 4) is 0 Å². The molecular formula is C25H32O8. The van der Waals surface area contributed by atoms with Gasteiger partial charge in [0.15, 0.2) is 0 Å². The van der Waals surface area contributed by atoms with Crippen molar-refractivity contribution in [2.45, 2.75) is 52.2 Å². The Morgan fingerprint density at radius 2 is 1.88 bits per heavy atom. The van der Waals surface area contributed by atoms with Gasteiger partial charge in [-0.05, 0) is 51.8 Å². The van der Waals surface area contributed by atoms with Gasteiger partial charge in [0.1, 0.15) is 18.8 Å². The topological polar surface area (TPSA) is 119 Å². The zero-order valence-corrected chi connectivity index (χ0v) is 19.3. The number of carbonyl (C=O) groups excluding carboxylic acids is 3. The lowest BCUT2D eigenvalue weighted by molar-refractivity contribution is -0.148. The first-order chi connectivity index (χ1) is 15.7. The average Bonchev–Trinajstić information content (AvgIpc) is 3.02. The minimum absolute atomic E-state index is 0.0412. The number of aliphatic hydroxyl groups excluding tert-OH is 2. The number of allylic oxidation sites excluding steroid dienone is 2. The Morgan fingerprint density at radius 1 is 1.18 bits per heavy atom. The molecule has 0 aromatic carbocycles. The average molecular weight is 461 g/mol. The Kier molecular flexibility index (Phi) is 9.81. The predicted molar refractivity (Wildman–Crippen MR) is 121 cm³/mol. The van der Waals surface area contributed by atoms with E-state index in [-0.39, 0.29) is 23.3 Å². The molecule has 2 aliphatic rings. The standard InChI is InChI=1S/C25H32O8/c1-15-6-5-7-16(2)13-21(22-18(4)24(29)32-20(22)12-15)33-25(30)19(9-11-27)14-31-23(28)17(3)8-10-26/h7-9,12,20-22,26-27H,4-6,10-11,13-14H2,1-3H3. The molecule has 1 aliphatic heterocycles. The van der Waals surface area contributed by atoms with Crippen molar-refractivity contribution in [1.82, 2.24) is 0 Å². The number of fused-ring (bicyclic) bond motifs is 1. The summed E-state index contributed by atoms with van der Waals surface area (Å²) in [5, 5.41) is 18.2. The summed E-state index contributed by atoms with van der Waals surface area (Å²) in [7, 11) is 0. The maximum atomic E-state index is 13.0. The minimum Gasteiger partial charge on any atom is -0.458 e. The van der Waals surface area contributed by atoms with Gasteiger partial charge in [0.25, 0.3) is 0 Å². The number of rotatable bonds is 7. The lowest BCUT2D eigenvalue weighted by atomic mass is 9.85. The number of hydrogen-bond acceptors (Lipinski definition) is 8. The fraction of sp³-hybridized carbons (Fsp3) is 0.480. The van der Waals surface area contributed by atoms with E-state index in [1.165, 1.54) is 19.1 Å². The Hall–Kier alpha value is -2.97. The number of carbonyl (C=O) groups is 3. The van der Waals surface area contributed by atoms with Crippen LogP contribution in [-0.4, -0.2) is 60.1 Å². The summed E-state index contributed by atoms with van der Waals surface area (Å²) in [6.45, 7) is 8.03. The van der Waals surface area contributed by atoms with E-state index >= 15 is 0 Å². The van der Waals surface area contributed by atoms with E-state index in [1.54, 1.807) is 0 Å². The highest BCUT2D eigenvalue weighted by atomic mass is 16.6. The third kappa shape index (κ3) is 7.27. The van der Waals surface area contributed by atoms with Crippen molar-refractivity contribution in [3.05, 3.63) is 58.7 Å². The molecule has 1 aliphatic carbocycles. The van der Waals surface area contributed by atoms with Crippen LogP contribution in [0.1, 0.15) is 40.0 Å². The van der Waals surface area contributed by atoms with Gasteiger partial charge in [-0.25, -0.2) is 14.4 Å². The molecule has 180 valence electrons. The zero-order chi connectivity index (χ0) is 24.5. The van der Waals surface area contributed by atoms with E-state index in [4.69, 9.17) is 19.3 Å².